The van der Waals surface area contributed by atoms with Crippen molar-refractivity contribution in [3.8, 4) is 11.5 Å². The summed E-state index contributed by atoms with van der Waals surface area (Å²) in [5.74, 6) is 1.00. The quantitative estimate of drug-likeness (QED) is 0.668. The summed E-state index contributed by atoms with van der Waals surface area (Å²) in [6.45, 7) is 1.91. The maximum absolute atomic E-state index is 12.9. The lowest BCUT2D eigenvalue weighted by atomic mass is 10.1. The van der Waals surface area contributed by atoms with E-state index in [1.54, 1.807) is 54.5 Å². The lowest BCUT2D eigenvalue weighted by Crippen LogP contribution is -2.50. The molecule has 0 radical (unpaired) electrons. The Morgan fingerprint density at radius 1 is 0.800 bits per heavy atom. The molecule has 0 bridgehead atoms. The van der Waals surface area contributed by atoms with Gasteiger partial charge < -0.3 is 19.3 Å². The van der Waals surface area contributed by atoms with Crippen molar-refractivity contribution < 1.29 is 19.1 Å². The first-order valence-corrected chi connectivity index (χ1v) is 9.75. The van der Waals surface area contributed by atoms with Crippen molar-refractivity contribution in [1.82, 2.24) is 14.8 Å². The molecule has 2 aromatic carbocycles. The molecule has 0 aliphatic carbocycles. The molecule has 0 unspecified atom stereocenters. The number of hydrogen-bond donors (Lipinski definition) is 0. The van der Waals surface area contributed by atoms with Crippen molar-refractivity contribution >= 4 is 22.7 Å². The molecule has 7 nitrogen and oxygen atoms in total. The van der Waals surface area contributed by atoms with Crippen molar-refractivity contribution in [1.29, 1.82) is 0 Å². The third kappa shape index (κ3) is 3.91. The number of carbonyl (C=O) groups excluding carboxylic acids is 2. The standard InChI is InChI=1S/C23H23N3O4/c1-29-19-13-18(14-20(15-19)30-2)23(28)26-10-8-25(9-11-26)22(27)17-5-6-21-16(12-17)4-3-7-24-21/h3-7,12-15H,8-11H2,1-2H3. The van der Waals surface area contributed by atoms with Crippen molar-refractivity contribution in [2.75, 3.05) is 40.4 Å². The van der Waals surface area contributed by atoms with Gasteiger partial charge in [-0.3, -0.25) is 14.6 Å². The number of benzene rings is 2. The summed E-state index contributed by atoms with van der Waals surface area (Å²) in [6, 6.07) is 14.5. The second-order valence-electron chi connectivity index (χ2n) is 7.10. The summed E-state index contributed by atoms with van der Waals surface area (Å²) in [7, 11) is 3.10. The molecule has 1 aliphatic rings. The van der Waals surface area contributed by atoms with Gasteiger partial charge in [-0.1, -0.05) is 6.07 Å². The SMILES string of the molecule is COc1cc(OC)cc(C(=O)N2CCN(C(=O)c3ccc4ncccc4c3)CC2)c1. The Morgan fingerprint density at radius 3 is 2.00 bits per heavy atom. The van der Waals surface area contributed by atoms with Gasteiger partial charge in [-0.2, -0.15) is 0 Å². The first-order valence-electron chi connectivity index (χ1n) is 9.75. The minimum absolute atomic E-state index is 0.0316. The van der Waals surface area contributed by atoms with E-state index in [-0.39, 0.29) is 11.8 Å². The monoisotopic (exact) mass is 405 g/mol. The van der Waals surface area contributed by atoms with Crippen LogP contribution in [-0.4, -0.2) is 67.0 Å². The normalized spacial score (nSPS) is 13.9. The molecular weight excluding hydrogens is 382 g/mol. The Bertz CT molecular complexity index is 1070. The zero-order valence-electron chi connectivity index (χ0n) is 17.0. The van der Waals surface area contributed by atoms with Crippen LogP contribution in [-0.2, 0) is 0 Å². The van der Waals surface area contributed by atoms with Gasteiger partial charge in [0.2, 0.25) is 0 Å². The molecule has 0 spiro atoms. The number of fused-ring (bicyclic) bond motifs is 1. The molecule has 1 saturated heterocycles. The molecule has 3 aromatic rings. The number of piperazine rings is 1. The van der Waals surface area contributed by atoms with Crippen LogP contribution in [0.15, 0.2) is 54.7 Å². The fourth-order valence-electron chi connectivity index (χ4n) is 3.62. The van der Waals surface area contributed by atoms with Gasteiger partial charge in [0.15, 0.2) is 0 Å². The topological polar surface area (TPSA) is 72.0 Å². The lowest BCUT2D eigenvalue weighted by Gasteiger charge is -2.35. The molecule has 7 heteroatoms. The molecule has 0 saturated carbocycles. The minimum Gasteiger partial charge on any atom is -0.497 e. The number of ether oxygens (including phenoxy) is 2. The summed E-state index contributed by atoms with van der Waals surface area (Å²) < 4.78 is 10.5. The average Bonchev–Trinajstić information content (AvgIpc) is 2.82. The first kappa shape index (κ1) is 19.7. The maximum atomic E-state index is 12.9. The highest BCUT2D eigenvalue weighted by Gasteiger charge is 2.26. The summed E-state index contributed by atoms with van der Waals surface area (Å²) in [5, 5.41) is 0.934. The highest BCUT2D eigenvalue weighted by molar-refractivity contribution is 5.98. The van der Waals surface area contributed by atoms with Crippen molar-refractivity contribution in [3.05, 3.63) is 65.9 Å². The average molecular weight is 405 g/mol. The number of nitrogens with zero attached hydrogens (tertiary/aromatic N) is 3. The van der Waals surface area contributed by atoms with Crippen LogP contribution in [0.1, 0.15) is 20.7 Å². The summed E-state index contributed by atoms with van der Waals surface area (Å²) >= 11 is 0. The van der Waals surface area contributed by atoms with E-state index in [9.17, 15) is 9.59 Å². The van der Waals surface area contributed by atoms with E-state index in [2.05, 4.69) is 4.98 Å². The van der Waals surface area contributed by atoms with Gasteiger partial charge in [0.25, 0.3) is 11.8 Å². The van der Waals surface area contributed by atoms with Gasteiger partial charge in [0.05, 0.1) is 19.7 Å². The highest BCUT2D eigenvalue weighted by Crippen LogP contribution is 2.24. The summed E-state index contributed by atoms with van der Waals surface area (Å²) in [6.07, 6.45) is 1.73. The zero-order valence-corrected chi connectivity index (χ0v) is 17.0. The molecular formula is C23H23N3O4. The van der Waals surface area contributed by atoms with E-state index in [0.29, 0.717) is 48.8 Å². The molecule has 2 amide bonds. The molecule has 2 heterocycles. The Balaban J connectivity index is 1.44. The Labute approximate surface area is 174 Å². The van der Waals surface area contributed by atoms with E-state index in [1.165, 1.54) is 0 Å². The van der Waals surface area contributed by atoms with Crippen molar-refractivity contribution in [2.45, 2.75) is 0 Å². The molecule has 30 heavy (non-hydrogen) atoms. The van der Waals surface area contributed by atoms with E-state index < -0.39 is 0 Å². The van der Waals surface area contributed by atoms with E-state index in [0.717, 1.165) is 10.9 Å². The molecule has 1 aromatic heterocycles. The largest absolute Gasteiger partial charge is 0.497 e. The fourth-order valence-corrected chi connectivity index (χ4v) is 3.62. The molecule has 1 aliphatic heterocycles. The van der Waals surface area contributed by atoms with Gasteiger partial charge in [-0.15, -0.1) is 0 Å². The van der Waals surface area contributed by atoms with Gasteiger partial charge in [0.1, 0.15) is 11.5 Å². The second kappa shape index (κ2) is 8.41. The number of methoxy groups -OCH3 is 2. The van der Waals surface area contributed by atoms with Crippen molar-refractivity contribution in [3.63, 3.8) is 0 Å². The number of aromatic nitrogens is 1. The number of hydrogen-bond acceptors (Lipinski definition) is 5. The predicted octanol–water partition coefficient (Wildman–Crippen LogP) is 2.85. The third-order valence-electron chi connectivity index (χ3n) is 5.30. The maximum Gasteiger partial charge on any atom is 0.254 e. The minimum atomic E-state index is -0.101. The number of amides is 2. The Hall–Kier alpha value is -3.61. The second-order valence-corrected chi connectivity index (χ2v) is 7.10. The van der Waals surface area contributed by atoms with Crippen LogP contribution in [0.3, 0.4) is 0 Å². The van der Waals surface area contributed by atoms with Gasteiger partial charge in [0, 0.05) is 55.0 Å². The van der Waals surface area contributed by atoms with Crippen LogP contribution in [0.4, 0.5) is 0 Å². The van der Waals surface area contributed by atoms with Crippen LogP contribution in [0, 0.1) is 0 Å². The van der Waals surface area contributed by atoms with Gasteiger partial charge >= 0.3 is 0 Å². The highest BCUT2D eigenvalue weighted by atomic mass is 16.5. The van der Waals surface area contributed by atoms with E-state index in [4.69, 9.17) is 9.47 Å². The predicted molar refractivity (Wildman–Crippen MR) is 113 cm³/mol. The van der Waals surface area contributed by atoms with E-state index >= 15 is 0 Å². The van der Waals surface area contributed by atoms with Gasteiger partial charge in [-0.05, 0) is 36.4 Å². The number of pyridine rings is 1. The summed E-state index contributed by atoms with van der Waals surface area (Å²) in [5.41, 5.74) is 2.00. The fraction of sp³-hybridized carbons (Fsp3) is 0.261. The van der Waals surface area contributed by atoms with Crippen LogP contribution in [0.5, 0.6) is 11.5 Å². The van der Waals surface area contributed by atoms with Crippen LogP contribution >= 0.6 is 0 Å². The first-order chi connectivity index (χ1) is 14.6. The summed E-state index contributed by atoms with van der Waals surface area (Å²) in [4.78, 5) is 33.7. The van der Waals surface area contributed by atoms with Gasteiger partial charge in [-0.25, -0.2) is 0 Å². The number of rotatable bonds is 4. The number of carbonyl (C=O) groups is 2. The van der Waals surface area contributed by atoms with E-state index in [1.807, 2.05) is 24.3 Å². The van der Waals surface area contributed by atoms with Crippen LogP contribution in [0.25, 0.3) is 10.9 Å². The zero-order chi connectivity index (χ0) is 21.1. The molecule has 0 N–H and O–H groups in total. The Kier molecular flexibility index (Phi) is 5.52. The molecule has 0 atom stereocenters. The Morgan fingerprint density at radius 2 is 1.40 bits per heavy atom. The third-order valence-corrected chi connectivity index (χ3v) is 5.30. The van der Waals surface area contributed by atoms with Crippen LogP contribution < -0.4 is 9.47 Å². The smallest absolute Gasteiger partial charge is 0.254 e. The van der Waals surface area contributed by atoms with Crippen LogP contribution in [0.2, 0.25) is 0 Å². The molecule has 154 valence electrons. The molecule has 1 fully saturated rings. The van der Waals surface area contributed by atoms with Crippen molar-refractivity contribution in [2.24, 2.45) is 0 Å². The molecule has 4 rings (SSSR count). The lowest BCUT2D eigenvalue weighted by molar-refractivity contribution is 0.0535.